The lowest BCUT2D eigenvalue weighted by Crippen LogP contribution is -2.34. The highest BCUT2D eigenvalue weighted by Gasteiger charge is 2.22. The number of amidine groups is 1. The van der Waals surface area contributed by atoms with Gasteiger partial charge in [-0.05, 0) is 6.92 Å². The molecule has 1 rings (SSSR count). The molecule has 0 amide bonds. The minimum atomic E-state index is -2.98. The van der Waals surface area contributed by atoms with Crippen LogP contribution in [0.25, 0.3) is 0 Å². The van der Waals surface area contributed by atoms with Crippen molar-refractivity contribution >= 4 is 15.7 Å². The van der Waals surface area contributed by atoms with Crippen molar-refractivity contribution < 1.29 is 8.42 Å². The average Bonchev–Trinajstić information content (AvgIpc) is 2.34. The van der Waals surface area contributed by atoms with Gasteiger partial charge in [-0.15, -0.1) is 0 Å². The molecule has 0 radical (unpaired) electrons. The van der Waals surface area contributed by atoms with E-state index in [0.717, 1.165) is 6.54 Å². The molecule has 0 fully saturated rings. The van der Waals surface area contributed by atoms with Crippen molar-refractivity contribution in [3.63, 3.8) is 0 Å². The van der Waals surface area contributed by atoms with Gasteiger partial charge in [0.2, 0.25) is 0 Å². The third-order valence-corrected chi connectivity index (χ3v) is 3.24. The van der Waals surface area contributed by atoms with E-state index in [2.05, 4.69) is 10.3 Å². The maximum atomic E-state index is 11.0. The molecule has 11 heavy (non-hydrogen) atoms. The maximum Gasteiger partial charge on any atom is 0.157 e. The minimum absolute atomic E-state index is 0.481. The number of sulfone groups is 1. The number of hydrogen-bond donors (Lipinski definition) is 1. The predicted molar refractivity (Wildman–Crippen MR) is 44.6 cm³/mol. The second-order valence-corrected chi connectivity index (χ2v) is 5.03. The fourth-order valence-electron chi connectivity index (χ4n) is 0.891. The second-order valence-electron chi connectivity index (χ2n) is 2.67. The van der Waals surface area contributed by atoms with E-state index in [1.807, 2.05) is 0 Å². The molecule has 0 spiro atoms. The van der Waals surface area contributed by atoms with E-state index < -0.39 is 15.1 Å². The van der Waals surface area contributed by atoms with Crippen LogP contribution in [-0.4, -0.2) is 38.8 Å². The van der Waals surface area contributed by atoms with Crippen LogP contribution in [0.1, 0.15) is 6.92 Å². The summed E-state index contributed by atoms with van der Waals surface area (Å²) in [6, 6.07) is 0. The number of rotatable bonds is 2. The molecule has 0 saturated heterocycles. The molecule has 64 valence electrons. The van der Waals surface area contributed by atoms with Crippen LogP contribution in [-0.2, 0) is 9.84 Å². The van der Waals surface area contributed by atoms with Crippen LogP contribution in [0.2, 0.25) is 0 Å². The maximum absolute atomic E-state index is 11.0. The monoisotopic (exact) mass is 176 g/mol. The van der Waals surface area contributed by atoms with E-state index in [1.165, 1.54) is 6.26 Å². The lowest BCUT2D eigenvalue weighted by molar-refractivity contribution is 0.598. The normalized spacial score (nSPS) is 20.7. The smallest absolute Gasteiger partial charge is 0.157 e. The van der Waals surface area contributed by atoms with Gasteiger partial charge in [0.25, 0.3) is 0 Å². The zero-order chi connectivity index (χ0) is 8.48. The van der Waals surface area contributed by atoms with Gasteiger partial charge in [-0.25, -0.2) is 8.42 Å². The van der Waals surface area contributed by atoms with Gasteiger partial charge in [-0.1, -0.05) is 0 Å². The topological polar surface area (TPSA) is 58.5 Å². The molecule has 4 nitrogen and oxygen atoms in total. The van der Waals surface area contributed by atoms with Gasteiger partial charge in [-0.3, -0.25) is 4.99 Å². The van der Waals surface area contributed by atoms with Crippen molar-refractivity contribution in [3.8, 4) is 0 Å². The fourth-order valence-corrected chi connectivity index (χ4v) is 1.45. The van der Waals surface area contributed by atoms with Crippen molar-refractivity contribution in [1.29, 1.82) is 0 Å². The summed E-state index contributed by atoms with van der Waals surface area (Å²) in [5, 5.41) is 2.45. The molecule has 1 aliphatic heterocycles. The summed E-state index contributed by atoms with van der Waals surface area (Å²) in [5.74, 6) is 0.604. The van der Waals surface area contributed by atoms with Gasteiger partial charge < -0.3 is 5.32 Å². The lowest BCUT2D eigenvalue weighted by atomic mass is 10.4. The van der Waals surface area contributed by atoms with Crippen LogP contribution in [0.5, 0.6) is 0 Å². The summed E-state index contributed by atoms with van der Waals surface area (Å²) in [6.07, 6.45) is 1.22. The number of hydrogen-bond acceptors (Lipinski definition) is 4. The largest absolute Gasteiger partial charge is 0.371 e. The third-order valence-electron chi connectivity index (χ3n) is 1.73. The quantitative estimate of drug-likeness (QED) is 0.612. The van der Waals surface area contributed by atoms with Crippen LogP contribution >= 0.6 is 0 Å². The molecule has 1 N–H and O–H groups in total. The first-order chi connectivity index (χ1) is 5.02. The van der Waals surface area contributed by atoms with Crippen LogP contribution in [0.15, 0.2) is 4.99 Å². The van der Waals surface area contributed by atoms with Gasteiger partial charge in [-0.2, -0.15) is 0 Å². The van der Waals surface area contributed by atoms with Crippen LogP contribution in [0, 0.1) is 0 Å². The summed E-state index contributed by atoms with van der Waals surface area (Å²) >= 11 is 0. The van der Waals surface area contributed by atoms with Gasteiger partial charge in [0.05, 0.1) is 6.54 Å². The zero-order valence-corrected chi connectivity index (χ0v) is 7.48. The van der Waals surface area contributed by atoms with Crippen molar-refractivity contribution in [2.24, 2.45) is 4.99 Å². The van der Waals surface area contributed by atoms with E-state index >= 15 is 0 Å². The molecular weight excluding hydrogens is 164 g/mol. The first kappa shape index (κ1) is 8.52. The Balaban J connectivity index is 2.76. The van der Waals surface area contributed by atoms with E-state index in [9.17, 15) is 8.42 Å². The lowest BCUT2D eigenvalue weighted by Gasteiger charge is -2.08. The predicted octanol–water partition coefficient (Wildman–Crippen LogP) is -0.579. The molecule has 1 unspecified atom stereocenters. The molecule has 0 aromatic carbocycles. The van der Waals surface area contributed by atoms with Gasteiger partial charge in [0.15, 0.2) is 9.84 Å². The van der Waals surface area contributed by atoms with Crippen molar-refractivity contribution in [2.45, 2.75) is 12.2 Å². The Labute approximate surface area is 66.6 Å². The van der Waals surface area contributed by atoms with Crippen LogP contribution in [0.4, 0.5) is 0 Å². The number of nitrogens with zero attached hydrogens (tertiary/aromatic N) is 1. The van der Waals surface area contributed by atoms with Crippen molar-refractivity contribution in [3.05, 3.63) is 0 Å². The molecule has 0 aromatic rings. The number of nitrogens with one attached hydrogen (secondary N) is 1. The second kappa shape index (κ2) is 2.81. The molecule has 1 aliphatic rings. The fraction of sp³-hybridized carbons (Fsp3) is 0.833. The van der Waals surface area contributed by atoms with Crippen molar-refractivity contribution in [1.82, 2.24) is 5.32 Å². The van der Waals surface area contributed by atoms with Gasteiger partial charge >= 0.3 is 0 Å². The summed E-state index contributed by atoms with van der Waals surface area (Å²) in [5.41, 5.74) is 0. The molecule has 5 heteroatoms. The van der Waals surface area contributed by atoms with Crippen LogP contribution in [0.3, 0.4) is 0 Å². The summed E-state index contributed by atoms with van der Waals surface area (Å²) in [4.78, 5) is 4.03. The van der Waals surface area contributed by atoms with E-state index in [1.54, 1.807) is 6.92 Å². The van der Waals surface area contributed by atoms with E-state index in [0.29, 0.717) is 12.4 Å². The molecule has 0 bridgehead atoms. The highest BCUT2D eigenvalue weighted by Crippen LogP contribution is 2.01. The zero-order valence-electron chi connectivity index (χ0n) is 6.66. The Morgan fingerprint density at radius 3 is 2.64 bits per heavy atom. The SMILES string of the molecule is CC(C1=NCCN1)S(C)(=O)=O. The first-order valence-corrected chi connectivity index (χ1v) is 5.44. The summed E-state index contributed by atoms with van der Waals surface area (Å²) in [6.45, 7) is 3.09. The van der Waals surface area contributed by atoms with Crippen molar-refractivity contribution in [2.75, 3.05) is 19.3 Å². The molecule has 0 aromatic heterocycles. The van der Waals surface area contributed by atoms with E-state index in [4.69, 9.17) is 0 Å². The third kappa shape index (κ3) is 1.92. The van der Waals surface area contributed by atoms with Gasteiger partial charge in [0, 0.05) is 12.8 Å². The molecular formula is C6H12N2O2S. The molecule has 1 atom stereocenters. The Bertz CT molecular complexity index is 268. The minimum Gasteiger partial charge on any atom is -0.371 e. The highest BCUT2D eigenvalue weighted by molar-refractivity contribution is 7.92. The standard InChI is InChI=1S/C6H12N2O2S/c1-5(11(2,9)10)6-7-3-4-8-6/h5H,3-4H2,1-2H3,(H,7,8). The van der Waals surface area contributed by atoms with Gasteiger partial charge in [0.1, 0.15) is 11.1 Å². The Kier molecular flexibility index (Phi) is 2.17. The van der Waals surface area contributed by atoms with E-state index in [-0.39, 0.29) is 0 Å². The Morgan fingerprint density at radius 1 is 1.64 bits per heavy atom. The summed E-state index contributed by atoms with van der Waals surface area (Å²) < 4.78 is 22.0. The Morgan fingerprint density at radius 2 is 2.27 bits per heavy atom. The summed E-state index contributed by atoms with van der Waals surface area (Å²) in [7, 11) is -2.98. The first-order valence-electron chi connectivity index (χ1n) is 3.49. The average molecular weight is 176 g/mol. The molecule has 1 heterocycles. The molecule has 0 aliphatic carbocycles. The highest BCUT2D eigenvalue weighted by atomic mass is 32.2. The number of aliphatic imine (C=N–C) groups is 1. The molecule has 0 saturated carbocycles. The van der Waals surface area contributed by atoms with Crippen LogP contribution < -0.4 is 5.32 Å². The Hall–Kier alpha value is -0.580.